The first-order valence-corrected chi connectivity index (χ1v) is 7.19. The van der Waals surface area contributed by atoms with Crippen LogP contribution in [0.15, 0.2) is 24.3 Å². The largest absolute Gasteiger partial charge is 0.416 e. The predicted octanol–water partition coefficient (Wildman–Crippen LogP) is 4.71. The Bertz CT molecular complexity index is 467. The van der Waals surface area contributed by atoms with Crippen LogP contribution in [0.2, 0.25) is 0 Å². The number of hydrogen-bond acceptors (Lipinski definition) is 1. The maximum absolute atomic E-state index is 13.2. The molecular weight excluding hydrogens is 263 g/mol. The Kier molecular flexibility index (Phi) is 4.14. The Labute approximate surface area is 118 Å². The highest BCUT2D eigenvalue weighted by atomic mass is 19.4. The second-order valence-electron chi connectivity index (χ2n) is 6.30. The van der Waals surface area contributed by atoms with Crippen LogP contribution in [0.25, 0.3) is 0 Å². The number of benzene rings is 1. The van der Waals surface area contributed by atoms with Crippen LogP contribution < -0.4 is 5.73 Å². The summed E-state index contributed by atoms with van der Waals surface area (Å²) in [4.78, 5) is 0. The average Bonchev–Trinajstić information content (AvgIpc) is 2.38. The summed E-state index contributed by atoms with van der Waals surface area (Å²) in [6.07, 6.45) is -1.12. The Balaban J connectivity index is 2.39. The number of hydrogen-bond donors (Lipinski definition) is 1. The summed E-state index contributed by atoms with van der Waals surface area (Å²) in [5.41, 5.74) is 5.24. The van der Waals surface area contributed by atoms with E-state index in [0.717, 1.165) is 18.9 Å². The molecule has 4 heteroatoms. The van der Waals surface area contributed by atoms with Crippen molar-refractivity contribution in [1.82, 2.24) is 0 Å². The van der Waals surface area contributed by atoms with E-state index < -0.39 is 17.3 Å². The van der Waals surface area contributed by atoms with E-state index in [-0.39, 0.29) is 5.56 Å². The quantitative estimate of drug-likeness (QED) is 0.837. The molecule has 1 nitrogen and oxygen atoms in total. The molecule has 0 bridgehead atoms. The van der Waals surface area contributed by atoms with Gasteiger partial charge in [0.05, 0.1) is 5.56 Å². The Morgan fingerprint density at radius 3 is 2.50 bits per heavy atom. The van der Waals surface area contributed by atoms with E-state index in [1.165, 1.54) is 6.07 Å². The molecule has 0 saturated heterocycles. The maximum Gasteiger partial charge on any atom is 0.416 e. The van der Waals surface area contributed by atoms with Crippen molar-refractivity contribution in [2.75, 3.05) is 0 Å². The van der Waals surface area contributed by atoms with Crippen molar-refractivity contribution in [2.45, 2.75) is 51.2 Å². The van der Waals surface area contributed by atoms with Crippen LogP contribution in [0.4, 0.5) is 13.2 Å². The van der Waals surface area contributed by atoms with Crippen LogP contribution >= 0.6 is 0 Å². The van der Waals surface area contributed by atoms with Crippen molar-refractivity contribution >= 4 is 0 Å². The highest BCUT2D eigenvalue weighted by molar-refractivity contribution is 5.36. The predicted molar refractivity (Wildman–Crippen MR) is 74.1 cm³/mol. The zero-order chi connectivity index (χ0) is 15.0. The molecule has 1 aliphatic rings. The minimum atomic E-state index is -4.34. The Hall–Kier alpha value is -1.03. The fraction of sp³-hybridized carbons (Fsp3) is 0.625. The van der Waals surface area contributed by atoms with Gasteiger partial charge >= 0.3 is 6.18 Å². The number of halogens is 3. The fourth-order valence-corrected chi connectivity index (χ4v) is 3.33. The minimum absolute atomic E-state index is 0.262. The average molecular weight is 285 g/mol. The van der Waals surface area contributed by atoms with Gasteiger partial charge in [0.1, 0.15) is 0 Å². The second-order valence-corrected chi connectivity index (χ2v) is 6.30. The second kappa shape index (κ2) is 5.40. The van der Waals surface area contributed by atoms with E-state index in [9.17, 15) is 13.2 Å². The third-order valence-electron chi connectivity index (χ3n) is 4.54. The molecule has 1 aliphatic carbocycles. The molecule has 1 aromatic carbocycles. The van der Waals surface area contributed by atoms with Gasteiger partial charge < -0.3 is 5.73 Å². The molecule has 2 N–H and O–H groups in total. The molecule has 1 saturated carbocycles. The van der Waals surface area contributed by atoms with E-state index in [0.29, 0.717) is 24.7 Å². The molecule has 20 heavy (non-hydrogen) atoms. The standard InChI is InChI=1S/C16H22F3N/c1-11(2)12-6-5-9-15(20,10-12)13-7-3-4-8-14(13)16(17,18)19/h3-4,7-8,11-12H,5-6,9-10,20H2,1-2H3. The molecule has 112 valence electrons. The van der Waals surface area contributed by atoms with Crippen LogP contribution in [-0.4, -0.2) is 0 Å². The van der Waals surface area contributed by atoms with E-state index in [1.807, 2.05) is 0 Å². The summed E-state index contributed by atoms with van der Waals surface area (Å²) in [6, 6.07) is 5.77. The van der Waals surface area contributed by atoms with Crippen molar-refractivity contribution in [3.8, 4) is 0 Å². The van der Waals surface area contributed by atoms with Crippen molar-refractivity contribution < 1.29 is 13.2 Å². The van der Waals surface area contributed by atoms with Gasteiger partial charge in [-0.25, -0.2) is 0 Å². The zero-order valence-electron chi connectivity index (χ0n) is 12.0. The van der Waals surface area contributed by atoms with E-state index in [1.54, 1.807) is 12.1 Å². The smallest absolute Gasteiger partial charge is 0.321 e. The van der Waals surface area contributed by atoms with Gasteiger partial charge in [-0.05, 0) is 36.3 Å². The highest BCUT2D eigenvalue weighted by Crippen LogP contribution is 2.44. The van der Waals surface area contributed by atoms with Crippen molar-refractivity contribution in [1.29, 1.82) is 0 Å². The summed E-state index contributed by atoms with van der Waals surface area (Å²) >= 11 is 0. The molecule has 0 spiro atoms. The summed E-state index contributed by atoms with van der Waals surface area (Å²) in [6.45, 7) is 4.23. The normalized spacial score (nSPS) is 27.9. The highest BCUT2D eigenvalue weighted by Gasteiger charge is 2.42. The van der Waals surface area contributed by atoms with Gasteiger partial charge in [0.2, 0.25) is 0 Å². The number of alkyl halides is 3. The number of rotatable bonds is 2. The van der Waals surface area contributed by atoms with Gasteiger partial charge in [0, 0.05) is 5.54 Å². The summed E-state index contributed by atoms with van der Waals surface area (Å²) in [5.74, 6) is 0.853. The lowest BCUT2D eigenvalue weighted by atomic mass is 9.68. The van der Waals surface area contributed by atoms with E-state index in [4.69, 9.17) is 5.73 Å². The van der Waals surface area contributed by atoms with Crippen molar-refractivity contribution in [3.05, 3.63) is 35.4 Å². The van der Waals surface area contributed by atoms with Gasteiger partial charge in [0.25, 0.3) is 0 Å². The summed E-state index contributed by atoms with van der Waals surface area (Å²) in [5, 5.41) is 0. The Morgan fingerprint density at radius 2 is 1.90 bits per heavy atom. The van der Waals surface area contributed by atoms with Crippen LogP contribution in [0.5, 0.6) is 0 Å². The number of nitrogens with two attached hydrogens (primary N) is 1. The summed E-state index contributed by atoms with van der Waals surface area (Å²) in [7, 11) is 0. The molecule has 0 amide bonds. The first-order chi connectivity index (χ1) is 9.24. The zero-order valence-corrected chi connectivity index (χ0v) is 12.0. The monoisotopic (exact) mass is 285 g/mol. The van der Waals surface area contributed by atoms with Crippen molar-refractivity contribution in [2.24, 2.45) is 17.6 Å². The van der Waals surface area contributed by atoms with Crippen LogP contribution in [0.3, 0.4) is 0 Å². The minimum Gasteiger partial charge on any atom is -0.321 e. The third kappa shape index (κ3) is 3.00. The molecular formula is C16H22F3N. The van der Waals surface area contributed by atoms with Gasteiger partial charge in [-0.1, -0.05) is 44.9 Å². The van der Waals surface area contributed by atoms with E-state index in [2.05, 4.69) is 13.8 Å². The molecule has 0 heterocycles. The van der Waals surface area contributed by atoms with Gasteiger partial charge in [-0.3, -0.25) is 0 Å². The molecule has 2 atom stereocenters. The summed E-state index contributed by atoms with van der Waals surface area (Å²) < 4.78 is 39.5. The first kappa shape index (κ1) is 15.4. The lowest BCUT2D eigenvalue weighted by Crippen LogP contribution is -2.43. The third-order valence-corrected chi connectivity index (χ3v) is 4.54. The van der Waals surface area contributed by atoms with Crippen LogP contribution in [0.1, 0.15) is 50.7 Å². The van der Waals surface area contributed by atoms with Crippen LogP contribution in [-0.2, 0) is 11.7 Å². The van der Waals surface area contributed by atoms with Gasteiger partial charge in [-0.15, -0.1) is 0 Å². The molecule has 0 radical (unpaired) electrons. The molecule has 1 fully saturated rings. The topological polar surface area (TPSA) is 26.0 Å². The molecule has 2 rings (SSSR count). The lowest BCUT2D eigenvalue weighted by Gasteiger charge is -2.41. The Morgan fingerprint density at radius 1 is 1.25 bits per heavy atom. The van der Waals surface area contributed by atoms with Crippen molar-refractivity contribution in [3.63, 3.8) is 0 Å². The van der Waals surface area contributed by atoms with Gasteiger partial charge in [-0.2, -0.15) is 13.2 Å². The SMILES string of the molecule is CC(C)C1CCCC(N)(c2ccccc2C(F)(F)F)C1. The molecule has 0 aliphatic heterocycles. The fourth-order valence-electron chi connectivity index (χ4n) is 3.33. The first-order valence-electron chi connectivity index (χ1n) is 7.19. The van der Waals surface area contributed by atoms with Gasteiger partial charge in [0.15, 0.2) is 0 Å². The van der Waals surface area contributed by atoms with E-state index >= 15 is 0 Å². The van der Waals surface area contributed by atoms with Crippen LogP contribution in [0, 0.1) is 11.8 Å². The molecule has 2 unspecified atom stereocenters. The lowest BCUT2D eigenvalue weighted by molar-refractivity contribution is -0.139. The molecule has 1 aromatic rings. The molecule has 0 aromatic heterocycles. The maximum atomic E-state index is 13.2.